The Hall–Kier alpha value is -2.12. The number of methoxy groups -OCH3 is 1. The third-order valence-corrected chi connectivity index (χ3v) is 3.73. The van der Waals surface area contributed by atoms with E-state index in [-0.39, 0.29) is 10.9 Å². The minimum atomic E-state index is -0.404. The Bertz CT molecular complexity index is 765. The largest absolute Gasteiger partial charge is 0.506 e. The molecule has 5 nitrogen and oxygen atoms in total. The minimum Gasteiger partial charge on any atom is -0.506 e. The summed E-state index contributed by atoms with van der Waals surface area (Å²) < 4.78 is 6.05. The number of nitrogens with one attached hydrogen (secondary N) is 2. The molecule has 7 heteroatoms. The van der Waals surface area contributed by atoms with Gasteiger partial charge < -0.3 is 15.2 Å². The van der Waals surface area contributed by atoms with Gasteiger partial charge in [-0.05, 0) is 49.0 Å². The number of aryl methyl sites for hydroxylation is 1. The first-order valence-corrected chi connectivity index (χ1v) is 7.87. The van der Waals surface area contributed by atoms with Gasteiger partial charge in [0.2, 0.25) is 0 Å². The molecule has 0 aliphatic rings. The molecule has 0 saturated carbocycles. The molecule has 0 heterocycles. The third kappa shape index (κ3) is 4.20. The fourth-order valence-electron chi connectivity index (χ4n) is 2.07. The number of hydrogen-bond acceptors (Lipinski definition) is 4. The number of benzene rings is 2. The number of anilines is 1. The van der Waals surface area contributed by atoms with Gasteiger partial charge in [-0.25, -0.2) is 0 Å². The van der Waals surface area contributed by atoms with Crippen LogP contribution in [0.15, 0.2) is 40.9 Å². The van der Waals surface area contributed by atoms with Gasteiger partial charge >= 0.3 is 0 Å². The van der Waals surface area contributed by atoms with Gasteiger partial charge in [0.15, 0.2) is 5.11 Å². The van der Waals surface area contributed by atoms with Crippen molar-refractivity contribution in [3.05, 3.63) is 52.0 Å². The van der Waals surface area contributed by atoms with Crippen molar-refractivity contribution >= 4 is 44.9 Å². The van der Waals surface area contributed by atoms with E-state index in [1.54, 1.807) is 24.3 Å². The van der Waals surface area contributed by atoms with E-state index < -0.39 is 5.91 Å². The molecular weight excluding hydrogens is 380 g/mol. The molecule has 0 fully saturated rings. The summed E-state index contributed by atoms with van der Waals surface area (Å²) in [4.78, 5) is 12.4. The molecule has 0 aromatic heterocycles. The predicted octanol–water partition coefficient (Wildman–Crippen LogP) is 3.60. The SMILES string of the molecule is COc1c(C)cc(Br)cc1C(=O)NC(=S)Nc1ccccc1O. The number of phenolic OH excluding ortho intramolecular Hbond substituents is 1. The number of amides is 1. The molecule has 1 amide bonds. The zero-order valence-electron chi connectivity index (χ0n) is 12.5. The molecule has 0 unspecified atom stereocenters. The van der Waals surface area contributed by atoms with Crippen LogP contribution in [0.1, 0.15) is 15.9 Å². The standard InChI is InChI=1S/C16H15BrN2O3S/c1-9-7-10(17)8-11(14(9)22-2)15(21)19-16(23)18-12-5-3-4-6-13(12)20/h3-8,20H,1-2H3,(H2,18,19,21,23). The maximum absolute atomic E-state index is 12.4. The number of ether oxygens (including phenoxy) is 1. The van der Waals surface area contributed by atoms with Crippen LogP contribution in [-0.4, -0.2) is 23.2 Å². The number of carbonyl (C=O) groups is 1. The minimum absolute atomic E-state index is 0.0416. The monoisotopic (exact) mass is 394 g/mol. The average molecular weight is 395 g/mol. The molecule has 2 rings (SSSR count). The van der Waals surface area contributed by atoms with E-state index >= 15 is 0 Å². The van der Waals surface area contributed by atoms with E-state index in [0.29, 0.717) is 17.0 Å². The van der Waals surface area contributed by atoms with Crippen LogP contribution in [0, 0.1) is 6.92 Å². The van der Waals surface area contributed by atoms with Crippen LogP contribution in [0.3, 0.4) is 0 Å². The molecule has 2 aromatic rings. The highest BCUT2D eigenvalue weighted by Crippen LogP contribution is 2.28. The molecule has 0 aliphatic heterocycles. The lowest BCUT2D eigenvalue weighted by atomic mass is 10.1. The summed E-state index contributed by atoms with van der Waals surface area (Å²) in [7, 11) is 1.51. The average Bonchev–Trinajstić information content (AvgIpc) is 2.48. The van der Waals surface area contributed by atoms with Gasteiger partial charge in [-0.15, -0.1) is 0 Å². The second-order valence-electron chi connectivity index (χ2n) is 4.73. The van der Waals surface area contributed by atoms with Crippen molar-refractivity contribution < 1.29 is 14.6 Å². The number of thiocarbonyl (C=S) groups is 1. The van der Waals surface area contributed by atoms with Crippen LogP contribution in [0.5, 0.6) is 11.5 Å². The zero-order chi connectivity index (χ0) is 17.0. The van der Waals surface area contributed by atoms with Crippen molar-refractivity contribution in [1.82, 2.24) is 5.32 Å². The lowest BCUT2D eigenvalue weighted by molar-refractivity contribution is 0.0974. The number of hydrogen-bond donors (Lipinski definition) is 3. The van der Waals surface area contributed by atoms with Crippen LogP contribution in [0.2, 0.25) is 0 Å². The second kappa shape index (κ2) is 7.43. The number of rotatable bonds is 3. The van der Waals surface area contributed by atoms with Crippen molar-refractivity contribution in [3.63, 3.8) is 0 Å². The summed E-state index contributed by atoms with van der Waals surface area (Å²) in [5.41, 5.74) is 1.60. The van der Waals surface area contributed by atoms with Gasteiger partial charge in [-0.2, -0.15) is 0 Å². The highest BCUT2D eigenvalue weighted by atomic mass is 79.9. The molecule has 23 heavy (non-hydrogen) atoms. The highest BCUT2D eigenvalue weighted by molar-refractivity contribution is 9.10. The fraction of sp³-hybridized carbons (Fsp3) is 0.125. The maximum Gasteiger partial charge on any atom is 0.261 e. The molecule has 0 atom stereocenters. The summed E-state index contributed by atoms with van der Waals surface area (Å²) in [5, 5.41) is 15.1. The van der Waals surface area contributed by atoms with Gasteiger partial charge in [-0.1, -0.05) is 28.1 Å². The zero-order valence-corrected chi connectivity index (χ0v) is 14.9. The van der Waals surface area contributed by atoms with Crippen molar-refractivity contribution in [2.24, 2.45) is 0 Å². The molecule has 2 aromatic carbocycles. The van der Waals surface area contributed by atoms with E-state index in [4.69, 9.17) is 17.0 Å². The molecule has 3 N–H and O–H groups in total. The van der Waals surface area contributed by atoms with Crippen LogP contribution in [0.4, 0.5) is 5.69 Å². The van der Waals surface area contributed by atoms with Crippen LogP contribution >= 0.6 is 28.1 Å². The molecular formula is C16H15BrN2O3S. The Balaban J connectivity index is 2.16. The van der Waals surface area contributed by atoms with E-state index in [1.807, 2.05) is 13.0 Å². The number of phenols is 1. The molecule has 0 saturated heterocycles. The smallest absolute Gasteiger partial charge is 0.261 e. The number of carbonyl (C=O) groups excluding carboxylic acids is 1. The molecule has 0 radical (unpaired) electrons. The third-order valence-electron chi connectivity index (χ3n) is 3.07. The van der Waals surface area contributed by atoms with Crippen molar-refractivity contribution in [2.45, 2.75) is 6.92 Å². The van der Waals surface area contributed by atoms with E-state index in [9.17, 15) is 9.90 Å². The Morgan fingerprint density at radius 3 is 2.65 bits per heavy atom. The summed E-state index contributed by atoms with van der Waals surface area (Å²) in [5.74, 6) is 0.121. The summed E-state index contributed by atoms with van der Waals surface area (Å²) in [6, 6.07) is 10.1. The number of aromatic hydroxyl groups is 1. The summed E-state index contributed by atoms with van der Waals surface area (Å²) in [6.45, 7) is 1.85. The maximum atomic E-state index is 12.4. The van der Waals surface area contributed by atoms with Crippen LogP contribution < -0.4 is 15.4 Å². The van der Waals surface area contributed by atoms with Gasteiger partial charge in [0.1, 0.15) is 11.5 Å². The predicted molar refractivity (Wildman–Crippen MR) is 97.2 cm³/mol. The number of halogens is 1. The van der Waals surface area contributed by atoms with Crippen molar-refractivity contribution in [3.8, 4) is 11.5 Å². The van der Waals surface area contributed by atoms with Crippen LogP contribution in [-0.2, 0) is 0 Å². The first-order valence-electron chi connectivity index (χ1n) is 6.67. The fourth-order valence-corrected chi connectivity index (χ4v) is 2.85. The van der Waals surface area contributed by atoms with Crippen molar-refractivity contribution in [1.29, 1.82) is 0 Å². The normalized spacial score (nSPS) is 10.0. The quantitative estimate of drug-likeness (QED) is 0.547. The summed E-state index contributed by atoms with van der Waals surface area (Å²) in [6.07, 6.45) is 0. The Morgan fingerprint density at radius 1 is 1.30 bits per heavy atom. The van der Waals surface area contributed by atoms with E-state index in [0.717, 1.165) is 10.0 Å². The van der Waals surface area contributed by atoms with Gasteiger partial charge in [0.05, 0.1) is 18.4 Å². The molecule has 0 bridgehead atoms. The number of para-hydroxylation sites is 2. The highest BCUT2D eigenvalue weighted by Gasteiger charge is 2.17. The first-order chi connectivity index (χ1) is 10.9. The second-order valence-corrected chi connectivity index (χ2v) is 6.05. The van der Waals surface area contributed by atoms with Gasteiger partial charge in [0.25, 0.3) is 5.91 Å². The lowest BCUT2D eigenvalue weighted by Crippen LogP contribution is -2.34. The topological polar surface area (TPSA) is 70.6 Å². The molecule has 120 valence electrons. The van der Waals surface area contributed by atoms with Gasteiger partial charge in [-0.3, -0.25) is 10.1 Å². The summed E-state index contributed by atoms with van der Waals surface area (Å²) >= 11 is 8.47. The van der Waals surface area contributed by atoms with E-state index in [1.165, 1.54) is 13.2 Å². The molecule has 0 spiro atoms. The molecule has 0 aliphatic carbocycles. The Labute approximate surface area is 147 Å². The Kier molecular flexibility index (Phi) is 5.57. The van der Waals surface area contributed by atoms with E-state index in [2.05, 4.69) is 26.6 Å². The van der Waals surface area contributed by atoms with Gasteiger partial charge in [0, 0.05) is 4.47 Å². The lowest BCUT2D eigenvalue weighted by Gasteiger charge is -2.14. The first kappa shape index (κ1) is 17.2. The Morgan fingerprint density at radius 2 is 2.00 bits per heavy atom. The van der Waals surface area contributed by atoms with Crippen LogP contribution in [0.25, 0.3) is 0 Å². The van der Waals surface area contributed by atoms with Crippen molar-refractivity contribution in [2.75, 3.05) is 12.4 Å².